The lowest BCUT2D eigenvalue weighted by atomic mass is 9.49. The number of nitrogens with zero attached hydrogens (tertiary/aromatic N) is 2. The van der Waals surface area contributed by atoms with Crippen LogP contribution in [0, 0.1) is 0 Å². The van der Waals surface area contributed by atoms with E-state index in [1.165, 1.54) is 28.8 Å². The van der Waals surface area contributed by atoms with E-state index >= 15 is 0 Å². The summed E-state index contributed by atoms with van der Waals surface area (Å²) < 4.78 is 104. The second-order valence-electron chi connectivity index (χ2n) is 33.4. The van der Waals surface area contributed by atoms with Gasteiger partial charge >= 0.3 is 36.8 Å². The van der Waals surface area contributed by atoms with Crippen molar-refractivity contribution < 1.29 is 53.7 Å². The predicted molar refractivity (Wildman–Crippen MR) is 489 cm³/mol. The van der Waals surface area contributed by atoms with Crippen LogP contribution in [0.25, 0.3) is 89.0 Å². The maximum atomic E-state index is 13.2. The molecule has 0 atom stereocenters. The largest absolute Gasteiger partial charge is 0.534 e. The molecule has 0 N–H and O–H groups in total. The van der Waals surface area contributed by atoms with Crippen molar-refractivity contribution in [3.63, 3.8) is 0 Å². The minimum Gasteiger partial charge on any atom is -0.405 e. The molecule has 0 unspecified atom stereocenters. The van der Waals surface area contributed by atoms with Crippen LogP contribution in [0.3, 0.4) is 0 Å². The van der Waals surface area contributed by atoms with Gasteiger partial charge in [0, 0.05) is 45.0 Å². The standard InChI is InChI=1S/C48H42BNO2.C43H30F3NO3S.C12H24B2O4/c1-47(2)48(3,4)52-49(51-47)41-27-31-43(32-28-41)50(42-29-25-37(26-30-42)35-17-9-5-10-18-35)46-44(38-21-13-7-14-22-38)33-40(36-19-11-6-12-20-36)34-45(46)39-23-15-8-16-24-39;44-43(45,46)51(48,49)50-39-27-25-38(26-28-39)47(37-23-21-33(22-24-37)31-13-5-1-6-14-31)42-40(34-17-9-3-10-18-34)29-36(32-15-7-2-8-16-32)30-41(42)35-19-11-4-12-20-35;1-9(2)10(3,4)16-13(15-9)14-17-11(5,6)12(7,8)18-14/h5-34H,1-4H3;1-30H;1-8H3. The summed E-state index contributed by atoms with van der Waals surface area (Å²) in [6.45, 7) is 24.6. The van der Waals surface area contributed by atoms with E-state index in [1.807, 2.05) is 194 Å². The van der Waals surface area contributed by atoms with Crippen LogP contribution in [0.15, 0.2) is 364 Å². The van der Waals surface area contributed by atoms with Crippen molar-refractivity contribution in [2.24, 2.45) is 0 Å². The topological polar surface area (TPSA) is 105 Å². The van der Waals surface area contributed by atoms with E-state index in [0.29, 0.717) is 5.69 Å². The SMILES string of the molecule is CC1(C)OB(B2OC(C)(C)C(C)(C)O2)OC1(C)C.CC1(C)OB(c2ccc(N(c3ccc(-c4ccccc4)cc3)c3c(-c4ccccc4)cc(-c4ccccc4)cc3-c3ccccc3)cc2)OC1(C)C.O=S(=O)(Oc1ccc(N(c2ccc(-c3ccccc3)cc2)c2c(-c3ccccc3)cc(-c3ccccc3)cc2-c2ccccc2)cc1)C(F)(F)F. The third kappa shape index (κ3) is 18.2. The molecule has 0 bridgehead atoms. The van der Waals surface area contributed by atoms with Crippen molar-refractivity contribution in [1.82, 2.24) is 0 Å². The van der Waals surface area contributed by atoms with Gasteiger partial charge in [-0.05, 0) is 240 Å². The molecule has 0 radical (unpaired) electrons. The number of halogens is 3. The van der Waals surface area contributed by atoms with Gasteiger partial charge in [-0.1, -0.05) is 279 Å². The number of alkyl halides is 3. The average molecular weight is 1630 g/mol. The molecule has 3 aliphatic rings. The van der Waals surface area contributed by atoms with Crippen LogP contribution in [-0.2, 0) is 38.0 Å². The minimum absolute atomic E-state index is 0.360. The summed E-state index contributed by atoms with van der Waals surface area (Å²) in [6, 6.07) is 123. The Bertz CT molecular complexity index is 5790. The minimum atomic E-state index is -5.85. The molecule has 0 spiro atoms. The lowest BCUT2D eigenvalue weighted by Crippen LogP contribution is -2.41. The molecular weight excluding hydrogens is 1530 g/mol. The van der Waals surface area contributed by atoms with E-state index in [2.05, 4.69) is 243 Å². The molecule has 3 saturated heterocycles. The van der Waals surface area contributed by atoms with Gasteiger partial charge in [0.15, 0.2) is 0 Å². The Labute approximate surface area is 710 Å². The molecule has 0 aromatic heterocycles. The van der Waals surface area contributed by atoms with Crippen LogP contribution in [0.5, 0.6) is 5.75 Å². The van der Waals surface area contributed by atoms with Crippen molar-refractivity contribution in [3.05, 3.63) is 364 Å². The lowest BCUT2D eigenvalue weighted by molar-refractivity contribution is -0.0500. The van der Waals surface area contributed by atoms with E-state index in [4.69, 9.17) is 27.9 Å². The third-order valence-electron chi connectivity index (χ3n) is 23.7. The molecule has 3 heterocycles. The predicted octanol–water partition coefficient (Wildman–Crippen LogP) is 26.4. The molecule has 0 amide bonds. The van der Waals surface area contributed by atoms with Gasteiger partial charge in [0.2, 0.25) is 0 Å². The van der Waals surface area contributed by atoms with Gasteiger partial charge < -0.3 is 41.9 Å². The molecular formula is C103H96B3F3N2O9S. The van der Waals surface area contributed by atoms with Crippen LogP contribution in [-0.4, -0.2) is 68.7 Å². The Morgan fingerprint density at radius 1 is 0.264 bits per heavy atom. The molecule has 14 aromatic rings. The summed E-state index contributed by atoms with van der Waals surface area (Å²) in [6.07, 6.45) is 0. The second-order valence-corrected chi connectivity index (χ2v) is 35.0. The van der Waals surface area contributed by atoms with Crippen molar-refractivity contribution >= 4 is 70.8 Å². The highest BCUT2D eigenvalue weighted by Gasteiger charge is 2.64. The molecule has 3 aliphatic heterocycles. The number of hydrogen-bond donors (Lipinski definition) is 0. The molecule has 608 valence electrons. The molecule has 11 nitrogen and oxygen atoms in total. The Morgan fingerprint density at radius 3 is 0.719 bits per heavy atom. The summed E-state index contributed by atoms with van der Waals surface area (Å²) in [5.41, 5.74) is 15.6. The molecule has 0 saturated carbocycles. The maximum absolute atomic E-state index is 13.2. The van der Waals surface area contributed by atoms with Crippen LogP contribution in [0.1, 0.15) is 83.1 Å². The Hall–Kier alpha value is -11.8. The van der Waals surface area contributed by atoms with E-state index in [0.717, 1.165) is 106 Å². The number of anilines is 6. The molecule has 121 heavy (non-hydrogen) atoms. The van der Waals surface area contributed by atoms with Gasteiger partial charge in [-0.3, -0.25) is 0 Å². The summed E-state index contributed by atoms with van der Waals surface area (Å²) in [5.74, 6) is -0.457. The van der Waals surface area contributed by atoms with Crippen LogP contribution < -0.4 is 19.4 Å². The van der Waals surface area contributed by atoms with Gasteiger partial charge in [-0.15, -0.1) is 0 Å². The van der Waals surface area contributed by atoms with Crippen molar-refractivity contribution in [1.29, 1.82) is 0 Å². The zero-order valence-electron chi connectivity index (χ0n) is 70.0. The fraction of sp³-hybridized carbons (Fsp3) is 0.184. The first-order valence-corrected chi connectivity index (χ1v) is 42.1. The summed E-state index contributed by atoms with van der Waals surface area (Å²) in [5, 5.41) is 0. The van der Waals surface area contributed by atoms with Crippen LogP contribution >= 0.6 is 0 Å². The van der Waals surface area contributed by atoms with Gasteiger partial charge in [-0.2, -0.15) is 21.6 Å². The number of benzene rings is 14. The van der Waals surface area contributed by atoms with Gasteiger partial charge in [0.05, 0.1) is 45.0 Å². The van der Waals surface area contributed by atoms with Crippen LogP contribution in [0.4, 0.5) is 47.3 Å². The van der Waals surface area contributed by atoms with Crippen molar-refractivity contribution in [2.45, 2.75) is 122 Å². The summed E-state index contributed by atoms with van der Waals surface area (Å²) >= 11 is 0. The molecule has 3 fully saturated rings. The molecule has 17 rings (SSSR count). The maximum Gasteiger partial charge on any atom is 0.534 e. The quantitative estimate of drug-likeness (QED) is 0.0466. The van der Waals surface area contributed by atoms with E-state index in [-0.39, 0.29) is 22.4 Å². The fourth-order valence-corrected chi connectivity index (χ4v) is 15.4. The highest BCUT2D eigenvalue weighted by Crippen LogP contribution is 2.53. The smallest absolute Gasteiger partial charge is 0.405 e. The highest BCUT2D eigenvalue weighted by molar-refractivity contribution is 7.88. The average Bonchev–Trinajstić information content (AvgIpc) is 1.66. The summed E-state index contributed by atoms with van der Waals surface area (Å²) in [7, 11) is -7.24. The van der Waals surface area contributed by atoms with Gasteiger partial charge in [0.25, 0.3) is 0 Å². The second kappa shape index (κ2) is 34.4. The van der Waals surface area contributed by atoms with E-state index in [9.17, 15) is 21.6 Å². The highest BCUT2D eigenvalue weighted by atomic mass is 32.2. The first-order valence-electron chi connectivity index (χ1n) is 40.7. The first kappa shape index (κ1) is 84.2. The lowest BCUT2D eigenvalue weighted by Gasteiger charge is -2.32. The molecule has 0 aliphatic carbocycles. The molecule has 18 heteroatoms. The van der Waals surface area contributed by atoms with Crippen molar-refractivity contribution in [2.75, 3.05) is 9.80 Å². The van der Waals surface area contributed by atoms with Gasteiger partial charge in [-0.25, -0.2) is 0 Å². The van der Waals surface area contributed by atoms with E-state index in [1.54, 1.807) is 12.1 Å². The zero-order valence-corrected chi connectivity index (χ0v) is 70.8. The Balaban J connectivity index is 0.000000156. The number of rotatable bonds is 18. The van der Waals surface area contributed by atoms with Crippen molar-refractivity contribution in [3.8, 4) is 94.8 Å². The third-order valence-corrected chi connectivity index (χ3v) is 24.7. The van der Waals surface area contributed by atoms with E-state index < -0.39 is 53.7 Å². The monoisotopic (exact) mass is 1630 g/mol. The Kier molecular flexibility index (Phi) is 23.9. The van der Waals surface area contributed by atoms with Gasteiger partial charge in [0.1, 0.15) is 5.75 Å². The van der Waals surface area contributed by atoms with Crippen LogP contribution in [0.2, 0.25) is 0 Å². The zero-order chi connectivity index (χ0) is 85.1. The fourth-order valence-electron chi connectivity index (χ4n) is 15.0. The normalized spacial score (nSPS) is 15.9. The number of hydrogen-bond acceptors (Lipinski definition) is 11. The summed E-state index contributed by atoms with van der Waals surface area (Å²) in [4.78, 5) is 4.44. The first-order chi connectivity index (χ1) is 57.8. The molecule has 14 aromatic carbocycles. The Morgan fingerprint density at radius 2 is 0.471 bits per heavy atom.